The predicted molar refractivity (Wildman–Crippen MR) is 139 cm³/mol. The van der Waals surface area contributed by atoms with Gasteiger partial charge >= 0.3 is 0 Å². The highest BCUT2D eigenvalue weighted by atomic mass is 35.5. The van der Waals surface area contributed by atoms with Crippen LogP contribution in [0.4, 0.5) is 0 Å². The van der Waals surface area contributed by atoms with Gasteiger partial charge in [0, 0.05) is 29.4 Å². The molecule has 1 fully saturated rings. The van der Waals surface area contributed by atoms with Crippen LogP contribution >= 0.6 is 23.4 Å². The molecule has 0 aromatic heterocycles. The number of halogens is 1. The average Bonchev–Trinajstić information content (AvgIpc) is 2.87. The quantitative estimate of drug-likeness (QED) is 0.321. The van der Waals surface area contributed by atoms with Crippen molar-refractivity contribution in [3.05, 3.63) is 65.2 Å². The normalized spacial score (nSPS) is 14.5. The smallest absolute Gasteiger partial charge is 0.251 e. The lowest BCUT2D eigenvalue weighted by atomic mass is 9.87. The third-order valence-corrected chi connectivity index (χ3v) is 6.72. The first-order valence-electron chi connectivity index (χ1n) is 11.6. The number of carbonyl (C=O) groups is 3. The largest absolute Gasteiger partial charge is 0.493 e. The van der Waals surface area contributed by atoms with Crippen molar-refractivity contribution in [2.24, 2.45) is 0 Å². The van der Waals surface area contributed by atoms with Crippen molar-refractivity contribution in [3.8, 4) is 5.75 Å². The maximum atomic E-state index is 13.0. The minimum absolute atomic E-state index is 0.178. The van der Waals surface area contributed by atoms with E-state index in [4.69, 9.17) is 16.3 Å². The van der Waals surface area contributed by atoms with E-state index in [-0.39, 0.29) is 36.6 Å². The van der Waals surface area contributed by atoms with Crippen LogP contribution in [-0.4, -0.2) is 67.6 Å². The Balaban J connectivity index is 1.39. The lowest BCUT2D eigenvalue weighted by Gasteiger charge is -2.37. The molecule has 1 saturated heterocycles. The third kappa shape index (κ3) is 8.76. The minimum Gasteiger partial charge on any atom is -0.493 e. The van der Waals surface area contributed by atoms with Crippen molar-refractivity contribution >= 4 is 41.1 Å². The minimum atomic E-state index is -0.955. The molecule has 35 heavy (non-hydrogen) atoms. The fourth-order valence-electron chi connectivity index (χ4n) is 3.69. The number of amides is 3. The Morgan fingerprint density at radius 2 is 1.66 bits per heavy atom. The van der Waals surface area contributed by atoms with Gasteiger partial charge in [0.15, 0.2) is 0 Å². The van der Waals surface area contributed by atoms with Gasteiger partial charge in [0.2, 0.25) is 11.8 Å². The van der Waals surface area contributed by atoms with Gasteiger partial charge < -0.3 is 26.0 Å². The number of thioether (sulfide) groups is 1. The number of nitrogens with one attached hydrogen (secondary N) is 4. The van der Waals surface area contributed by atoms with Crippen molar-refractivity contribution < 1.29 is 19.1 Å². The number of carbonyl (C=O) groups excluding carboxylic acids is 3. The van der Waals surface area contributed by atoms with E-state index < -0.39 is 5.54 Å². The Hall–Kier alpha value is -2.75. The molecule has 188 valence electrons. The Morgan fingerprint density at radius 3 is 2.37 bits per heavy atom. The Kier molecular flexibility index (Phi) is 10.7. The summed E-state index contributed by atoms with van der Waals surface area (Å²) in [6.45, 7) is 2.30. The molecule has 0 bridgehead atoms. The molecule has 10 heteroatoms. The first-order chi connectivity index (χ1) is 17.0. The van der Waals surface area contributed by atoms with Crippen molar-refractivity contribution in [3.63, 3.8) is 0 Å². The van der Waals surface area contributed by atoms with Crippen molar-refractivity contribution in [2.75, 3.05) is 44.3 Å². The van der Waals surface area contributed by atoms with Gasteiger partial charge in [-0.1, -0.05) is 29.8 Å². The molecule has 3 rings (SSSR count). The second-order valence-electron chi connectivity index (χ2n) is 8.11. The molecule has 0 aliphatic carbocycles. The highest BCUT2D eigenvalue weighted by Gasteiger charge is 2.40. The highest BCUT2D eigenvalue weighted by Crippen LogP contribution is 2.19. The number of rotatable bonds is 12. The maximum absolute atomic E-state index is 13.0. The summed E-state index contributed by atoms with van der Waals surface area (Å²) in [4.78, 5) is 37.8. The van der Waals surface area contributed by atoms with Gasteiger partial charge in [-0.05, 0) is 62.3 Å². The van der Waals surface area contributed by atoms with E-state index in [9.17, 15) is 14.4 Å². The number of para-hydroxylation sites is 1. The molecule has 8 nitrogen and oxygen atoms in total. The van der Waals surface area contributed by atoms with Crippen molar-refractivity contribution in [2.45, 2.75) is 18.4 Å². The number of piperidine rings is 1. The van der Waals surface area contributed by atoms with Gasteiger partial charge in [0.1, 0.15) is 11.3 Å². The number of benzene rings is 2. The third-order valence-electron chi connectivity index (χ3n) is 5.55. The van der Waals surface area contributed by atoms with Crippen LogP contribution in [0.1, 0.15) is 23.2 Å². The van der Waals surface area contributed by atoms with Crippen LogP contribution < -0.4 is 26.0 Å². The second-order valence-corrected chi connectivity index (χ2v) is 9.65. The molecule has 0 atom stereocenters. The van der Waals surface area contributed by atoms with E-state index in [1.165, 1.54) is 11.8 Å². The van der Waals surface area contributed by atoms with E-state index in [0.29, 0.717) is 48.9 Å². The van der Waals surface area contributed by atoms with Crippen LogP contribution in [0.5, 0.6) is 5.75 Å². The predicted octanol–water partition coefficient (Wildman–Crippen LogP) is 2.24. The van der Waals surface area contributed by atoms with Crippen LogP contribution in [-0.2, 0) is 9.59 Å². The molecule has 3 amide bonds. The van der Waals surface area contributed by atoms with Crippen LogP contribution in [0.3, 0.4) is 0 Å². The molecule has 0 saturated carbocycles. The molecule has 0 unspecified atom stereocenters. The number of ether oxygens (including phenoxy) is 1. The molecule has 1 aliphatic rings. The lowest BCUT2D eigenvalue weighted by molar-refractivity contribution is -0.133. The topological polar surface area (TPSA) is 109 Å². The highest BCUT2D eigenvalue weighted by molar-refractivity contribution is 7.99. The van der Waals surface area contributed by atoms with Gasteiger partial charge in [-0.3, -0.25) is 14.4 Å². The first kappa shape index (κ1) is 26.8. The lowest BCUT2D eigenvalue weighted by Crippen LogP contribution is -2.63. The number of hydrogen-bond donors (Lipinski definition) is 4. The standard InChI is InChI=1S/C25H31ClN4O4S/c26-20-8-6-19(7-9-20)23(32)28-14-15-29-24(33)25(10-12-27-13-11-25)30-22(31)18-35-17-16-34-21-4-2-1-3-5-21/h1-9,27H,10-18H2,(H,28,32)(H,29,33)(H,30,31). The Labute approximate surface area is 214 Å². The van der Waals surface area contributed by atoms with Gasteiger partial charge in [0.05, 0.1) is 12.4 Å². The number of hydrogen-bond acceptors (Lipinski definition) is 6. The summed E-state index contributed by atoms with van der Waals surface area (Å²) in [6.07, 6.45) is 1.01. The van der Waals surface area contributed by atoms with Gasteiger partial charge in [0.25, 0.3) is 5.91 Å². The molecule has 4 N–H and O–H groups in total. The molecular formula is C25H31ClN4O4S. The summed E-state index contributed by atoms with van der Waals surface area (Å²) in [5, 5.41) is 12.4. The molecular weight excluding hydrogens is 488 g/mol. The molecule has 1 aliphatic heterocycles. The van der Waals surface area contributed by atoms with Gasteiger partial charge in [-0.25, -0.2) is 0 Å². The Morgan fingerprint density at radius 1 is 0.971 bits per heavy atom. The summed E-state index contributed by atoms with van der Waals surface area (Å²) in [5.41, 5.74) is -0.460. The van der Waals surface area contributed by atoms with Crippen LogP contribution in [0.15, 0.2) is 54.6 Å². The Bertz CT molecular complexity index is 969. The van der Waals surface area contributed by atoms with Crippen LogP contribution in [0.25, 0.3) is 0 Å². The summed E-state index contributed by atoms with van der Waals surface area (Å²) in [5.74, 6) is 1.06. The molecule has 0 radical (unpaired) electrons. The first-order valence-corrected chi connectivity index (χ1v) is 13.1. The molecule has 2 aromatic rings. The summed E-state index contributed by atoms with van der Waals surface area (Å²) in [7, 11) is 0. The zero-order valence-corrected chi connectivity index (χ0v) is 21.1. The summed E-state index contributed by atoms with van der Waals surface area (Å²) < 4.78 is 5.64. The molecule has 1 heterocycles. The zero-order chi connectivity index (χ0) is 24.9. The molecule has 0 spiro atoms. The SMILES string of the molecule is O=C(CSCCOc1ccccc1)NC1(C(=O)NCCNC(=O)c2ccc(Cl)cc2)CCNCC1. The summed E-state index contributed by atoms with van der Waals surface area (Å²) >= 11 is 7.31. The van der Waals surface area contributed by atoms with E-state index >= 15 is 0 Å². The van der Waals surface area contributed by atoms with E-state index in [0.717, 1.165) is 5.75 Å². The average molecular weight is 519 g/mol. The fraction of sp³-hybridized carbons (Fsp3) is 0.400. The molecule has 2 aromatic carbocycles. The second kappa shape index (κ2) is 14.0. The zero-order valence-electron chi connectivity index (χ0n) is 19.5. The monoisotopic (exact) mass is 518 g/mol. The van der Waals surface area contributed by atoms with Crippen molar-refractivity contribution in [1.82, 2.24) is 21.3 Å². The fourth-order valence-corrected chi connectivity index (χ4v) is 4.42. The van der Waals surface area contributed by atoms with Gasteiger partial charge in [-0.15, -0.1) is 11.8 Å². The van der Waals surface area contributed by atoms with Gasteiger partial charge in [-0.2, -0.15) is 0 Å². The van der Waals surface area contributed by atoms with E-state index in [1.54, 1.807) is 24.3 Å². The van der Waals surface area contributed by atoms with E-state index in [1.807, 2.05) is 30.3 Å². The summed E-state index contributed by atoms with van der Waals surface area (Å²) in [6, 6.07) is 16.1. The maximum Gasteiger partial charge on any atom is 0.251 e. The van der Waals surface area contributed by atoms with Crippen molar-refractivity contribution in [1.29, 1.82) is 0 Å². The van der Waals surface area contributed by atoms with Crippen LogP contribution in [0, 0.1) is 0 Å². The van der Waals surface area contributed by atoms with E-state index in [2.05, 4.69) is 21.3 Å². The van der Waals surface area contributed by atoms with Crippen LogP contribution in [0.2, 0.25) is 5.02 Å².